The van der Waals surface area contributed by atoms with Gasteiger partial charge in [-0.1, -0.05) is 18.6 Å². The number of carboxylic acid groups (broad SMARTS) is 1. The topological polar surface area (TPSA) is 102 Å². The van der Waals surface area contributed by atoms with Crippen LogP contribution in [0, 0.1) is 18.7 Å². The third-order valence-electron chi connectivity index (χ3n) is 5.54. The van der Waals surface area contributed by atoms with Gasteiger partial charge in [0.05, 0.1) is 19.0 Å². The maximum Gasteiger partial charge on any atom is 0.404 e. The van der Waals surface area contributed by atoms with Crippen molar-refractivity contribution in [3.63, 3.8) is 0 Å². The maximum atomic E-state index is 14.3. The van der Waals surface area contributed by atoms with Gasteiger partial charge < -0.3 is 15.2 Å². The summed E-state index contributed by atoms with van der Waals surface area (Å²) in [5.74, 6) is 0.402. The fraction of sp³-hybridized carbons (Fsp3) is 0.364. The smallest absolute Gasteiger partial charge is 0.404 e. The molecule has 1 aliphatic rings. The van der Waals surface area contributed by atoms with Crippen molar-refractivity contribution in [2.24, 2.45) is 5.92 Å². The standard InChI is InChI=1S/C22H24FN5O3/c1-14-4-2-7-18(23)21(14)28-11-16(9-26-28)20-19(10-24-13-25-20)31-12-15-5-3-6-17(8-15)27-22(29)30/h2,4,7,9-11,13,15,17,27H,3,5-6,8,12H2,1H3,(H,29,30)/t15-,17+/m0/s1. The van der Waals surface area contributed by atoms with E-state index in [0.29, 0.717) is 29.3 Å². The van der Waals surface area contributed by atoms with Crippen molar-refractivity contribution >= 4 is 6.09 Å². The van der Waals surface area contributed by atoms with Crippen molar-refractivity contribution in [1.29, 1.82) is 0 Å². The molecule has 1 aliphatic carbocycles. The lowest BCUT2D eigenvalue weighted by Crippen LogP contribution is -2.38. The first-order chi connectivity index (χ1) is 15.0. The van der Waals surface area contributed by atoms with Gasteiger partial charge in [-0.2, -0.15) is 5.10 Å². The van der Waals surface area contributed by atoms with Crippen molar-refractivity contribution in [1.82, 2.24) is 25.1 Å². The zero-order valence-corrected chi connectivity index (χ0v) is 17.2. The number of hydrogen-bond donors (Lipinski definition) is 2. The molecule has 0 spiro atoms. The summed E-state index contributed by atoms with van der Waals surface area (Å²) in [5, 5.41) is 15.8. The lowest BCUT2D eigenvalue weighted by molar-refractivity contribution is 0.165. The Hall–Kier alpha value is -3.49. The Morgan fingerprint density at radius 3 is 3.03 bits per heavy atom. The third-order valence-corrected chi connectivity index (χ3v) is 5.54. The molecule has 8 nitrogen and oxygen atoms in total. The molecular weight excluding hydrogens is 401 g/mol. The number of ether oxygens (including phenoxy) is 1. The minimum absolute atomic E-state index is 0.0476. The van der Waals surface area contributed by atoms with Crippen LogP contribution in [0.1, 0.15) is 31.2 Å². The highest BCUT2D eigenvalue weighted by atomic mass is 19.1. The normalized spacial score (nSPS) is 18.5. The van der Waals surface area contributed by atoms with Crippen LogP contribution in [-0.4, -0.2) is 43.6 Å². The van der Waals surface area contributed by atoms with E-state index in [4.69, 9.17) is 9.84 Å². The lowest BCUT2D eigenvalue weighted by Gasteiger charge is -2.28. The minimum atomic E-state index is -0.993. The molecule has 9 heteroatoms. The number of rotatable bonds is 6. The molecule has 1 fully saturated rings. The van der Waals surface area contributed by atoms with E-state index in [1.165, 1.54) is 17.1 Å². The van der Waals surface area contributed by atoms with Gasteiger partial charge in [-0.05, 0) is 43.7 Å². The van der Waals surface area contributed by atoms with Crippen LogP contribution in [0.25, 0.3) is 16.9 Å². The molecular formula is C22H24FN5O3. The second-order valence-corrected chi connectivity index (χ2v) is 7.80. The van der Waals surface area contributed by atoms with E-state index in [1.807, 2.05) is 13.0 Å². The number of amides is 1. The quantitative estimate of drug-likeness (QED) is 0.619. The number of carbonyl (C=O) groups is 1. The Morgan fingerprint density at radius 1 is 1.35 bits per heavy atom. The number of halogens is 1. The number of aryl methyl sites for hydroxylation is 1. The van der Waals surface area contributed by atoms with Gasteiger partial charge >= 0.3 is 6.09 Å². The van der Waals surface area contributed by atoms with E-state index < -0.39 is 6.09 Å². The highest BCUT2D eigenvalue weighted by Gasteiger charge is 2.24. The van der Waals surface area contributed by atoms with Crippen LogP contribution in [0.3, 0.4) is 0 Å². The van der Waals surface area contributed by atoms with Crippen molar-refractivity contribution in [2.75, 3.05) is 6.61 Å². The van der Waals surface area contributed by atoms with Crippen LogP contribution < -0.4 is 10.1 Å². The van der Waals surface area contributed by atoms with Crippen molar-refractivity contribution in [3.05, 3.63) is 54.5 Å². The predicted molar refractivity (Wildman–Crippen MR) is 112 cm³/mol. The average molecular weight is 425 g/mol. The number of nitrogens with zero attached hydrogens (tertiary/aromatic N) is 4. The molecule has 0 radical (unpaired) electrons. The molecule has 0 bridgehead atoms. The van der Waals surface area contributed by atoms with Crippen molar-refractivity contribution in [3.8, 4) is 22.7 Å². The van der Waals surface area contributed by atoms with Gasteiger partial charge in [0.25, 0.3) is 0 Å². The van der Waals surface area contributed by atoms with E-state index in [9.17, 15) is 9.18 Å². The Bertz CT molecular complexity index is 1050. The summed E-state index contributed by atoms with van der Waals surface area (Å²) in [5.41, 5.74) is 2.43. The molecule has 4 rings (SSSR count). The van der Waals surface area contributed by atoms with E-state index in [2.05, 4.69) is 20.4 Å². The van der Waals surface area contributed by atoms with Gasteiger partial charge in [-0.25, -0.2) is 23.8 Å². The third kappa shape index (κ3) is 4.82. The van der Waals surface area contributed by atoms with Crippen LogP contribution in [0.4, 0.5) is 9.18 Å². The molecule has 2 N–H and O–H groups in total. The fourth-order valence-electron chi connectivity index (χ4n) is 4.08. The molecule has 2 atom stereocenters. The average Bonchev–Trinajstić information content (AvgIpc) is 3.22. The number of nitrogens with one attached hydrogen (secondary N) is 1. The monoisotopic (exact) mass is 425 g/mol. The summed E-state index contributed by atoms with van der Waals surface area (Å²) < 4.78 is 21.8. The van der Waals surface area contributed by atoms with Crippen molar-refractivity contribution < 1.29 is 19.0 Å². The van der Waals surface area contributed by atoms with Crippen LogP contribution in [-0.2, 0) is 0 Å². The number of hydrogen-bond acceptors (Lipinski definition) is 5. The number of benzene rings is 1. The number of para-hydroxylation sites is 1. The van der Waals surface area contributed by atoms with Gasteiger partial charge in [0.1, 0.15) is 23.5 Å². The molecule has 1 aromatic carbocycles. The Labute approximate surface area is 179 Å². The van der Waals surface area contributed by atoms with Crippen LogP contribution in [0.5, 0.6) is 5.75 Å². The molecule has 2 aromatic heterocycles. The molecule has 31 heavy (non-hydrogen) atoms. The Balaban J connectivity index is 1.50. The van der Waals surface area contributed by atoms with Gasteiger partial charge in [0.15, 0.2) is 5.75 Å². The van der Waals surface area contributed by atoms with Crippen LogP contribution >= 0.6 is 0 Å². The van der Waals surface area contributed by atoms with Gasteiger partial charge in [0, 0.05) is 17.8 Å². The van der Waals surface area contributed by atoms with Gasteiger partial charge in [0.2, 0.25) is 0 Å². The maximum absolute atomic E-state index is 14.3. The molecule has 0 unspecified atom stereocenters. The molecule has 162 valence electrons. The van der Waals surface area contributed by atoms with E-state index >= 15 is 0 Å². The first kappa shape index (κ1) is 20.8. The highest BCUT2D eigenvalue weighted by molar-refractivity contribution is 5.65. The van der Waals surface area contributed by atoms with Gasteiger partial charge in [-0.3, -0.25) is 0 Å². The summed E-state index contributed by atoms with van der Waals surface area (Å²) in [6.45, 7) is 2.27. The first-order valence-corrected chi connectivity index (χ1v) is 10.2. The zero-order valence-electron chi connectivity index (χ0n) is 17.2. The van der Waals surface area contributed by atoms with E-state index in [0.717, 1.165) is 31.2 Å². The predicted octanol–water partition coefficient (Wildman–Crippen LogP) is 3.98. The number of aromatic nitrogens is 4. The van der Waals surface area contributed by atoms with Crippen molar-refractivity contribution in [2.45, 2.75) is 38.6 Å². The zero-order chi connectivity index (χ0) is 21.8. The van der Waals surface area contributed by atoms with E-state index in [-0.39, 0.29) is 17.8 Å². The van der Waals surface area contributed by atoms with Gasteiger partial charge in [-0.15, -0.1) is 0 Å². The molecule has 3 aromatic rings. The second-order valence-electron chi connectivity index (χ2n) is 7.80. The van der Waals surface area contributed by atoms with E-state index in [1.54, 1.807) is 24.7 Å². The largest absolute Gasteiger partial charge is 0.489 e. The van der Waals surface area contributed by atoms with Crippen LogP contribution in [0.15, 0.2) is 43.1 Å². The summed E-state index contributed by atoms with van der Waals surface area (Å²) in [6.07, 6.45) is 8.88. The molecule has 2 heterocycles. The molecule has 0 aliphatic heterocycles. The molecule has 1 amide bonds. The second kappa shape index (κ2) is 9.11. The molecule has 1 saturated carbocycles. The minimum Gasteiger partial charge on any atom is -0.489 e. The Kier molecular flexibility index (Phi) is 6.11. The summed E-state index contributed by atoms with van der Waals surface area (Å²) in [7, 11) is 0. The van der Waals surface area contributed by atoms with Crippen LogP contribution in [0.2, 0.25) is 0 Å². The Morgan fingerprint density at radius 2 is 2.23 bits per heavy atom. The lowest BCUT2D eigenvalue weighted by atomic mass is 9.86. The fourth-order valence-corrected chi connectivity index (χ4v) is 4.08. The first-order valence-electron chi connectivity index (χ1n) is 10.2. The SMILES string of the molecule is Cc1cccc(F)c1-n1cc(-c2ncncc2OC[C@H]2CCC[C@@H](NC(=O)O)C2)cn1. The summed E-state index contributed by atoms with van der Waals surface area (Å²) in [4.78, 5) is 19.3. The summed E-state index contributed by atoms with van der Waals surface area (Å²) >= 11 is 0. The summed E-state index contributed by atoms with van der Waals surface area (Å²) in [6, 6.07) is 4.85. The highest BCUT2D eigenvalue weighted by Crippen LogP contribution is 2.30. The molecule has 0 saturated heterocycles.